The van der Waals surface area contributed by atoms with E-state index in [1.807, 2.05) is 11.9 Å². The van der Waals surface area contributed by atoms with Gasteiger partial charge >= 0.3 is 0 Å². The van der Waals surface area contributed by atoms with Crippen LogP contribution in [0.15, 0.2) is 18.2 Å². The lowest BCUT2D eigenvalue weighted by Gasteiger charge is -2.32. The standard InChI is InChI=1S/C19H30N2O2/c1-15-9-10-16(2)18(13-15)23-12-5-4-8-19(22)21-11-6-7-17(14-21)20-3/h9-10,13,17,20H,4-8,11-12,14H2,1-3H3. The number of likely N-dealkylation sites (tertiary alicyclic amines) is 1. The molecule has 1 saturated heterocycles. The minimum atomic E-state index is 0.289. The van der Waals surface area contributed by atoms with Crippen LogP contribution in [-0.4, -0.2) is 43.6 Å². The fraction of sp³-hybridized carbons (Fsp3) is 0.632. The number of nitrogens with zero attached hydrogens (tertiary/aromatic N) is 1. The van der Waals surface area contributed by atoms with Gasteiger partial charge in [-0.25, -0.2) is 0 Å². The third-order valence-electron chi connectivity index (χ3n) is 4.57. The molecule has 0 bridgehead atoms. The number of amides is 1. The smallest absolute Gasteiger partial charge is 0.222 e. The van der Waals surface area contributed by atoms with E-state index < -0.39 is 0 Å². The Morgan fingerprint density at radius 2 is 2.17 bits per heavy atom. The van der Waals surface area contributed by atoms with Gasteiger partial charge < -0.3 is 15.0 Å². The molecular formula is C19H30N2O2. The van der Waals surface area contributed by atoms with Crippen molar-refractivity contribution in [1.82, 2.24) is 10.2 Å². The van der Waals surface area contributed by atoms with Gasteiger partial charge in [-0.1, -0.05) is 12.1 Å². The van der Waals surface area contributed by atoms with Crippen LogP contribution in [0.5, 0.6) is 5.75 Å². The van der Waals surface area contributed by atoms with Crippen LogP contribution < -0.4 is 10.1 Å². The van der Waals surface area contributed by atoms with Gasteiger partial charge in [0.25, 0.3) is 0 Å². The minimum absolute atomic E-state index is 0.289. The van der Waals surface area contributed by atoms with Gasteiger partial charge in [-0.2, -0.15) is 0 Å². The molecule has 0 aliphatic carbocycles. The number of carbonyl (C=O) groups is 1. The van der Waals surface area contributed by atoms with Gasteiger partial charge in [-0.15, -0.1) is 0 Å². The van der Waals surface area contributed by atoms with E-state index >= 15 is 0 Å². The second-order valence-corrected chi connectivity index (χ2v) is 6.54. The van der Waals surface area contributed by atoms with E-state index in [-0.39, 0.29) is 5.91 Å². The van der Waals surface area contributed by atoms with Crippen molar-refractivity contribution in [1.29, 1.82) is 0 Å². The van der Waals surface area contributed by atoms with Gasteiger partial charge in [-0.05, 0) is 63.8 Å². The molecule has 1 aliphatic rings. The van der Waals surface area contributed by atoms with E-state index in [1.54, 1.807) is 0 Å². The van der Waals surface area contributed by atoms with Crippen LogP contribution >= 0.6 is 0 Å². The van der Waals surface area contributed by atoms with E-state index in [0.717, 1.165) is 43.7 Å². The van der Waals surface area contributed by atoms with Crippen molar-refractivity contribution in [2.45, 2.75) is 52.0 Å². The number of likely N-dealkylation sites (N-methyl/N-ethyl adjacent to an activating group) is 1. The first-order valence-corrected chi connectivity index (χ1v) is 8.75. The third-order valence-corrected chi connectivity index (χ3v) is 4.57. The summed E-state index contributed by atoms with van der Waals surface area (Å²) in [5.41, 5.74) is 2.38. The molecule has 1 aromatic rings. The van der Waals surface area contributed by atoms with Gasteiger partial charge in [-0.3, -0.25) is 4.79 Å². The predicted molar refractivity (Wildman–Crippen MR) is 93.9 cm³/mol. The fourth-order valence-corrected chi connectivity index (χ4v) is 3.02. The molecule has 1 amide bonds. The van der Waals surface area contributed by atoms with Crippen LogP contribution in [0.3, 0.4) is 0 Å². The second-order valence-electron chi connectivity index (χ2n) is 6.54. The topological polar surface area (TPSA) is 41.6 Å². The number of benzene rings is 1. The summed E-state index contributed by atoms with van der Waals surface area (Å²) in [5.74, 6) is 1.25. The number of unbranched alkanes of at least 4 members (excludes halogenated alkanes) is 1. The monoisotopic (exact) mass is 318 g/mol. The summed E-state index contributed by atoms with van der Waals surface area (Å²) < 4.78 is 5.84. The maximum atomic E-state index is 12.2. The first-order valence-electron chi connectivity index (χ1n) is 8.75. The Labute approximate surface area is 140 Å². The molecule has 0 radical (unpaired) electrons. The van der Waals surface area contributed by atoms with Crippen molar-refractivity contribution < 1.29 is 9.53 Å². The quantitative estimate of drug-likeness (QED) is 0.786. The van der Waals surface area contributed by atoms with E-state index in [4.69, 9.17) is 4.74 Å². The molecule has 1 aromatic carbocycles. The summed E-state index contributed by atoms with van der Waals surface area (Å²) in [6, 6.07) is 6.72. The molecular weight excluding hydrogens is 288 g/mol. The van der Waals surface area contributed by atoms with Crippen LogP contribution in [0, 0.1) is 13.8 Å². The van der Waals surface area contributed by atoms with Crippen molar-refractivity contribution in [3.63, 3.8) is 0 Å². The molecule has 4 nitrogen and oxygen atoms in total. The SMILES string of the molecule is CNC1CCCN(C(=O)CCCCOc2cc(C)ccc2C)C1. The maximum absolute atomic E-state index is 12.2. The second kappa shape index (κ2) is 8.92. The Morgan fingerprint density at radius 3 is 2.96 bits per heavy atom. The largest absolute Gasteiger partial charge is 0.493 e. The molecule has 2 rings (SSSR count). The number of hydrogen-bond donors (Lipinski definition) is 1. The van der Waals surface area contributed by atoms with Crippen LogP contribution in [0.4, 0.5) is 0 Å². The van der Waals surface area contributed by atoms with Gasteiger partial charge in [0.05, 0.1) is 6.61 Å². The van der Waals surface area contributed by atoms with Crippen molar-refractivity contribution in [2.75, 3.05) is 26.7 Å². The summed E-state index contributed by atoms with van der Waals surface area (Å²) in [4.78, 5) is 14.3. The first-order chi connectivity index (χ1) is 11.1. The van der Waals surface area contributed by atoms with Gasteiger partial charge in [0.15, 0.2) is 0 Å². The lowest BCUT2D eigenvalue weighted by Crippen LogP contribution is -2.46. The van der Waals surface area contributed by atoms with E-state index in [2.05, 4.69) is 37.4 Å². The summed E-state index contributed by atoms with van der Waals surface area (Å²) >= 11 is 0. The summed E-state index contributed by atoms with van der Waals surface area (Å²) in [5, 5.41) is 3.28. The molecule has 1 aliphatic heterocycles. The van der Waals surface area contributed by atoms with Gasteiger partial charge in [0.2, 0.25) is 5.91 Å². The highest BCUT2D eigenvalue weighted by Gasteiger charge is 2.21. The summed E-state index contributed by atoms with van der Waals surface area (Å²) in [7, 11) is 1.98. The fourth-order valence-electron chi connectivity index (χ4n) is 3.02. The number of nitrogens with one attached hydrogen (secondary N) is 1. The Bertz CT molecular complexity index is 516. The van der Waals surface area contributed by atoms with Crippen molar-refractivity contribution >= 4 is 5.91 Å². The van der Waals surface area contributed by atoms with Crippen LogP contribution in [0.25, 0.3) is 0 Å². The molecule has 0 spiro atoms. The Balaban J connectivity index is 1.65. The average molecular weight is 318 g/mol. The highest BCUT2D eigenvalue weighted by Crippen LogP contribution is 2.19. The Kier molecular flexibility index (Phi) is 6.90. The van der Waals surface area contributed by atoms with Crippen LogP contribution in [0.1, 0.15) is 43.2 Å². The molecule has 128 valence electrons. The Hall–Kier alpha value is -1.55. The molecule has 1 unspecified atom stereocenters. The number of piperidine rings is 1. The third kappa shape index (κ3) is 5.54. The summed E-state index contributed by atoms with van der Waals surface area (Å²) in [6.45, 7) is 6.58. The van der Waals surface area contributed by atoms with E-state index in [0.29, 0.717) is 19.1 Å². The molecule has 0 aromatic heterocycles. The minimum Gasteiger partial charge on any atom is -0.493 e. The van der Waals surface area contributed by atoms with Crippen LogP contribution in [0.2, 0.25) is 0 Å². The highest BCUT2D eigenvalue weighted by atomic mass is 16.5. The normalized spacial score (nSPS) is 18.0. The van der Waals surface area contributed by atoms with E-state index in [9.17, 15) is 4.79 Å². The lowest BCUT2D eigenvalue weighted by atomic mass is 10.1. The zero-order chi connectivity index (χ0) is 16.7. The molecule has 23 heavy (non-hydrogen) atoms. The lowest BCUT2D eigenvalue weighted by molar-refractivity contribution is -0.132. The number of ether oxygens (including phenoxy) is 1. The first kappa shape index (κ1) is 17.8. The molecule has 0 saturated carbocycles. The number of rotatable bonds is 7. The van der Waals surface area contributed by atoms with Gasteiger partial charge in [0.1, 0.15) is 5.75 Å². The molecule has 1 fully saturated rings. The molecule has 1 atom stereocenters. The van der Waals surface area contributed by atoms with Crippen molar-refractivity contribution in [2.24, 2.45) is 0 Å². The molecule has 1 N–H and O–H groups in total. The average Bonchev–Trinajstić information content (AvgIpc) is 2.57. The number of aryl methyl sites for hydroxylation is 2. The zero-order valence-corrected chi connectivity index (χ0v) is 14.7. The highest BCUT2D eigenvalue weighted by molar-refractivity contribution is 5.76. The van der Waals surface area contributed by atoms with Gasteiger partial charge in [0, 0.05) is 25.6 Å². The molecule has 1 heterocycles. The Morgan fingerprint density at radius 1 is 1.35 bits per heavy atom. The predicted octanol–water partition coefficient (Wildman–Crippen LogP) is 3.06. The van der Waals surface area contributed by atoms with Crippen LogP contribution in [-0.2, 0) is 4.79 Å². The zero-order valence-electron chi connectivity index (χ0n) is 14.7. The van der Waals surface area contributed by atoms with E-state index in [1.165, 1.54) is 12.0 Å². The van der Waals surface area contributed by atoms with Crippen molar-refractivity contribution in [3.8, 4) is 5.75 Å². The van der Waals surface area contributed by atoms with Crippen molar-refractivity contribution in [3.05, 3.63) is 29.3 Å². The number of carbonyl (C=O) groups excluding carboxylic acids is 1. The molecule has 4 heteroatoms. The summed E-state index contributed by atoms with van der Waals surface area (Å²) in [6.07, 6.45) is 4.72. The maximum Gasteiger partial charge on any atom is 0.222 e. The number of hydrogen-bond acceptors (Lipinski definition) is 3.